The number of nitrogens with one attached hydrogen (secondary N) is 1. The molecule has 1 N–H and O–H groups in total. The van der Waals surface area contributed by atoms with Crippen molar-refractivity contribution in [3.63, 3.8) is 0 Å². The Balaban J connectivity index is 3.03. The second-order valence-corrected chi connectivity index (χ2v) is 5.19. The van der Waals surface area contributed by atoms with Crippen LogP contribution in [-0.4, -0.2) is 62.2 Å². The minimum Gasteiger partial charge on any atom is -0.449 e. The molecule has 9 nitrogen and oxygen atoms in total. The highest BCUT2D eigenvalue weighted by Crippen LogP contribution is 2.23. The lowest BCUT2D eigenvalue weighted by atomic mass is 10.1. The van der Waals surface area contributed by atoms with Gasteiger partial charge >= 0.3 is 5.97 Å². The molecule has 9 heteroatoms. The number of non-ortho nitro benzene ring substituents is 1. The van der Waals surface area contributed by atoms with E-state index >= 15 is 0 Å². The van der Waals surface area contributed by atoms with Crippen LogP contribution in [0.2, 0.25) is 0 Å². The Morgan fingerprint density at radius 3 is 2.58 bits per heavy atom. The van der Waals surface area contributed by atoms with E-state index in [-0.39, 0.29) is 17.2 Å². The number of nitro groups is 1. The van der Waals surface area contributed by atoms with E-state index in [0.717, 1.165) is 6.07 Å². The SMILES string of the molecule is COCCNc1ccc([N+](=O)[O-])cc1C(=O)O[C@@H](C)C(=O)N(C)C. The van der Waals surface area contributed by atoms with Crippen molar-refractivity contribution >= 4 is 23.3 Å². The van der Waals surface area contributed by atoms with Crippen molar-refractivity contribution in [2.24, 2.45) is 0 Å². The zero-order chi connectivity index (χ0) is 18.3. The maximum atomic E-state index is 12.3. The van der Waals surface area contributed by atoms with Gasteiger partial charge in [0.1, 0.15) is 0 Å². The number of esters is 1. The fourth-order valence-corrected chi connectivity index (χ4v) is 1.89. The van der Waals surface area contributed by atoms with Crippen molar-refractivity contribution in [2.45, 2.75) is 13.0 Å². The molecule has 0 aliphatic heterocycles. The molecular formula is C15H21N3O6. The topological polar surface area (TPSA) is 111 Å². The number of amides is 1. The molecule has 1 atom stereocenters. The third-order valence-corrected chi connectivity index (χ3v) is 3.13. The average Bonchev–Trinajstić information content (AvgIpc) is 2.53. The number of hydrogen-bond acceptors (Lipinski definition) is 7. The standard InChI is InChI=1S/C15H21N3O6/c1-10(14(19)17(2)3)24-15(20)12-9-11(18(21)22)5-6-13(12)16-7-8-23-4/h5-6,9-10,16H,7-8H2,1-4H3/t10-/m0/s1. The fraction of sp³-hybridized carbons (Fsp3) is 0.467. The quantitative estimate of drug-likeness (QED) is 0.329. The summed E-state index contributed by atoms with van der Waals surface area (Å²) in [5.74, 6) is -1.20. The number of methoxy groups -OCH3 is 1. The number of likely N-dealkylation sites (N-methyl/N-ethyl adjacent to an activating group) is 1. The van der Waals surface area contributed by atoms with Gasteiger partial charge in [-0.25, -0.2) is 4.79 Å². The third kappa shape index (κ3) is 5.20. The zero-order valence-corrected chi connectivity index (χ0v) is 14.1. The highest BCUT2D eigenvalue weighted by atomic mass is 16.6. The van der Waals surface area contributed by atoms with E-state index in [1.54, 1.807) is 0 Å². The van der Waals surface area contributed by atoms with Crippen molar-refractivity contribution in [3.8, 4) is 0 Å². The van der Waals surface area contributed by atoms with Crippen molar-refractivity contribution in [2.75, 3.05) is 39.7 Å². The Morgan fingerprint density at radius 1 is 1.38 bits per heavy atom. The van der Waals surface area contributed by atoms with Crippen LogP contribution in [0.15, 0.2) is 18.2 Å². The number of nitrogens with zero attached hydrogens (tertiary/aromatic N) is 2. The molecule has 0 saturated heterocycles. The summed E-state index contributed by atoms with van der Waals surface area (Å²) in [5.41, 5.74) is 0.108. The van der Waals surface area contributed by atoms with Crippen molar-refractivity contribution in [1.82, 2.24) is 4.90 Å². The van der Waals surface area contributed by atoms with Crippen LogP contribution in [0.4, 0.5) is 11.4 Å². The smallest absolute Gasteiger partial charge is 0.341 e. The Bertz CT molecular complexity index is 617. The van der Waals surface area contributed by atoms with Crippen LogP contribution in [0.1, 0.15) is 17.3 Å². The van der Waals surface area contributed by atoms with Crippen LogP contribution in [0.5, 0.6) is 0 Å². The number of carbonyl (C=O) groups excluding carboxylic acids is 2. The first-order valence-corrected chi connectivity index (χ1v) is 7.21. The lowest BCUT2D eigenvalue weighted by Gasteiger charge is -2.18. The molecule has 1 amide bonds. The summed E-state index contributed by atoms with van der Waals surface area (Å²) in [6.45, 7) is 2.23. The molecule has 1 rings (SSSR count). The third-order valence-electron chi connectivity index (χ3n) is 3.13. The predicted octanol–water partition coefficient (Wildman–Crippen LogP) is 1.29. The second kappa shape index (κ2) is 8.82. The molecule has 1 aromatic rings. The van der Waals surface area contributed by atoms with E-state index in [0.29, 0.717) is 18.8 Å². The average molecular weight is 339 g/mol. The van der Waals surface area contributed by atoms with Crippen LogP contribution >= 0.6 is 0 Å². The van der Waals surface area contributed by atoms with Gasteiger partial charge in [-0.15, -0.1) is 0 Å². The van der Waals surface area contributed by atoms with Crippen LogP contribution in [-0.2, 0) is 14.3 Å². The lowest BCUT2D eigenvalue weighted by Crippen LogP contribution is -2.35. The maximum absolute atomic E-state index is 12.3. The van der Waals surface area contributed by atoms with Gasteiger partial charge in [0.05, 0.1) is 17.1 Å². The summed E-state index contributed by atoms with van der Waals surface area (Å²) in [6.07, 6.45) is -1.00. The normalized spacial score (nSPS) is 11.5. The number of anilines is 1. The molecule has 0 aliphatic carbocycles. The Morgan fingerprint density at radius 2 is 2.04 bits per heavy atom. The molecule has 0 bridgehead atoms. The number of carbonyl (C=O) groups is 2. The molecule has 0 fully saturated rings. The molecular weight excluding hydrogens is 318 g/mol. The van der Waals surface area contributed by atoms with Crippen molar-refractivity contribution in [1.29, 1.82) is 0 Å². The largest absolute Gasteiger partial charge is 0.449 e. The van der Waals surface area contributed by atoms with Gasteiger partial charge in [-0.05, 0) is 13.0 Å². The van der Waals surface area contributed by atoms with E-state index < -0.39 is 17.0 Å². The number of ether oxygens (including phenoxy) is 2. The van der Waals surface area contributed by atoms with Gasteiger partial charge in [0.25, 0.3) is 11.6 Å². The molecule has 0 aromatic heterocycles. The first kappa shape index (κ1) is 19.4. The number of hydrogen-bond donors (Lipinski definition) is 1. The van der Waals surface area contributed by atoms with Crippen molar-refractivity contribution in [3.05, 3.63) is 33.9 Å². The van der Waals surface area contributed by atoms with Gasteiger partial charge < -0.3 is 19.7 Å². The van der Waals surface area contributed by atoms with Crippen LogP contribution < -0.4 is 5.32 Å². The maximum Gasteiger partial charge on any atom is 0.341 e. The highest BCUT2D eigenvalue weighted by molar-refractivity contribution is 5.98. The molecule has 132 valence electrons. The minimum absolute atomic E-state index is 0.0151. The molecule has 0 heterocycles. The summed E-state index contributed by atoms with van der Waals surface area (Å²) in [7, 11) is 4.61. The number of nitro benzene ring substituents is 1. The summed E-state index contributed by atoms with van der Waals surface area (Å²) < 4.78 is 10.0. The predicted molar refractivity (Wildman–Crippen MR) is 87.0 cm³/mol. The van der Waals surface area contributed by atoms with Gasteiger partial charge in [-0.2, -0.15) is 0 Å². The van der Waals surface area contributed by atoms with Gasteiger partial charge in [0.15, 0.2) is 6.10 Å². The number of rotatable bonds is 8. The van der Waals surface area contributed by atoms with Gasteiger partial charge in [-0.1, -0.05) is 0 Å². The van der Waals surface area contributed by atoms with Crippen LogP contribution in [0.25, 0.3) is 0 Å². The van der Waals surface area contributed by atoms with Crippen LogP contribution in [0, 0.1) is 10.1 Å². The molecule has 0 radical (unpaired) electrons. The van der Waals surface area contributed by atoms with E-state index in [2.05, 4.69) is 5.32 Å². The van der Waals surface area contributed by atoms with Crippen molar-refractivity contribution < 1.29 is 24.0 Å². The second-order valence-electron chi connectivity index (χ2n) is 5.19. The lowest BCUT2D eigenvalue weighted by molar-refractivity contribution is -0.384. The Labute approximate surface area is 139 Å². The molecule has 24 heavy (non-hydrogen) atoms. The Kier molecular flexibility index (Phi) is 7.12. The molecule has 0 aliphatic rings. The van der Waals surface area contributed by atoms with Gasteiger partial charge in [0, 0.05) is 45.6 Å². The van der Waals surface area contributed by atoms with Gasteiger partial charge in [-0.3, -0.25) is 14.9 Å². The number of benzene rings is 1. The molecule has 0 saturated carbocycles. The van der Waals surface area contributed by atoms with E-state index in [4.69, 9.17) is 9.47 Å². The van der Waals surface area contributed by atoms with Gasteiger partial charge in [0.2, 0.25) is 0 Å². The van der Waals surface area contributed by atoms with E-state index in [9.17, 15) is 19.7 Å². The first-order chi connectivity index (χ1) is 11.3. The molecule has 0 spiro atoms. The van der Waals surface area contributed by atoms with E-state index in [1.807, 2.05) is 0 Å². The molecule has 0 unspecified atom stereocenters. The summed E-state index contributed by atoms with van der Waals surface area (Å²) in [6, 6.07) is 3.81. The highest BCUT2D eigenvalue weighted by Gasteiger charge is 2.23. The molecule has 1 aromatic carbocycles. The monoisotopic (exact) mass is 339 g/mol. The first-order valence-electron chi connectivity index (χ1n) is 7.21. The fourth-order valence-electron chi connectivity index (χ4n) is 1.89. The Hall–Kier alpha value is -2.68. The zero-order valence-electron chi connectivity index (χ0n) is 14.1. The summed E-state index contributed by atoms with van der Waals surface area (Å²) in [5, 5.41) is 13.9. The van der Waals surface area contributed by atoms with Crippen LogP contribution in [0.3, 0.4) is 0 Å². The van der Waals surface area contributed by atoms with E-state index in [1.165, 1.54) is 45.2 Å². The summed E-state index contributed by atoms with van der Waals surface area (Å²) >= 11 is 0. The summed E-state index contributed by atoms with van der Waals surface area (Å²) in [4.78, 5) is 35.7. The minimum atomic E-state index is -1.00.